The van der Waals surface area contributed by atoms with Gasteiger partial charge in [-0.25, -0.2) is 4.39 Å². The zero-order valence-electron chi connectivity index (χ0n) is 10.7. The molecule has 3 atom stereocenters. The Morgan fingerprint density at radius 3 is 2.67 bits per heavy atom. The first-order chi connectivity index (χ1) is 8.58. The molecule has 1 saturated heterocycles. The molecule has 2 N–H and O–H groups in total. The van der Waals surface area contributed by atoms with Crippen LogP contribution in [0.25, 0.3) is 0 Å². The Balaban J connectivity index is 1.96. The third-order valence-corrected chi connectivity index (χ3v) is 3.54. The van der Waals surface area contributed by atoms with Crippen molar-refractivity contribution in [2.45, 2.75) is 32.4 Å². The fourth-order valence-electron chi connectivity index (χ4n) is 2.32. The largest absolute Gasteiger partial charge is 0.348 e. The zero-order chi connectivity index (χ0) is 13.1. The summed E-state index contributed by atoms with van der Waals surface area (Å²) in [4.78, 5) is 12.1. The van der Waals surface area contributed by atoms with Gasteiger partial charge in [-0.2, -0.15) is 0 Å². The lowest BCUT2D eigenvalue weighted by atomic mass is 10.0. The van der Waals surface area contributed by atoms with E-state index in [-0.39, 0.29) is 23.8 Å². The Labute approximate surface area is 107 Å². The van der Waals surface area contributed by atoms with Crippen molar-refractivity contribution in [3.05, 3.63) is 35.6 Å². The Kier molecular flexibility index (Phi) is 3.97. The van der Waals surface area contributed by atoms with E-state index in [0.717, 1.165) is 18.5 Å². The minimum absolute atomic E-state index is 0.0248. The van der Waals surface area contributed by atoms with E-state index < -0.39 is 0 Å². The van der Waals surface area contributed by atoms with Crippen LogP contribution in [0.3, 0.4) is 0 Å². The Morgan fingerprint density at radius 1 is 1.44 bits per heavy atom. The van der Waals surface area contributed by atoms with E-state index in [1.165, 1.54) is 12.1 Å². The Hall–Kier alpha value is -1.42. The van der Waals surface area contributed by atoms with Gasteiger partial charge in [-0.3, -0.25) is 4.79 Å². The van der Waals surface area contributed by atoms with Crippen molar-refractivity contribution in [3.8, 4) is 0 Å². The monoisotopic (exact) mass is 250 g/mol. The molecule has 0 bridgehead atoms. The van der Waals surface area contributed by atoms with Crippen LogP contribution in [0, 0.1) is 11.7 Å². The maximum Gasteiger partial charge on any atom is 0.237 e. The summed E-state index contributed by atoms with van der Waals surface area (Å²) in [6.07, 6.45) is 1.03. The average Bonchev–Trinajstić information content (AvgIpc) is 2.76. The highest BCUT2D eigenvalue weighted by molar-refractivity contribution is 5.82. The van der Waals surface area contributed by atoms with Gasteiger partial charge in [0, 0.05) is 0 Å². The second-order valence-corrected chi connectivity index (χ2v) is 4.98. The van der Waals surface area contributed by atoms with E-state index in [4.69, 9.17) is 0 Å². The minimum atomic E-state index is -0.261. The van der Waals surface area contributed by atoms with Crippen LogP contribution in [-0.2, 0) is 4.79 Å². The zero-order valence-corrected chi connectivity index (χ0v) is 10.7. The van der Waals surface area contributed by atoms with Gasteiger partial charge in [0.05, 0.1) is 12.1 Å². The highest BCUT2D eigenvalue weighted by atomic mass is 19.1. The predicted octanol–water partition coefficient (Wildman–Crippen LogP) is 2.00. The van der Waals surface area contributed by atoms with Crippen LogP contribution in [0.5, 0.6) is 0 Å². The van der Waals surface area contributed by atoms with Gasteiger partial charge >= 0.3 is 0 Å². The van der Waals surface area contributed by atoms with Crippen LogP contribution in [0.15, 0.2) is 24.3 Å². The summed E-state index contributed by atoms with van der Waals surface area (Å²) in [5, 5.41) is 6.16. The van der Waals surface area contributed by atoms with Gasteiger partial charge in [0.15, 0.2) is 0 Å². The molecule has 98 valence electrons. The number of hydrogen-bond donors (Lipinski definition) is 2. The van der Waals surface area contributed by atoms with E-state index in [2.05, 4.69) is 17.6 Å². The van der Waals surface area contributed by atoms with Gasteiger partial charge in [-0.05, 0) is 43.5 Å². The standard InChI is InChI=1S/C14H19FN2O/c1-9-7-8-16-13(9)14(18)17-10(2)11-3-5-12(15)6-4-11/h3-6,9-10,13,16H,7-8H2,1-2H3,(H,17,18). The van der Waals surface area contributed by atoms with Gasteiger partial charge < -0.3 is 10.6 Å². The number of carbonyl (C=O) groups is 1. The average molecular weight is 250 g/mol. The lowest BCUT2D eigenvalue weighted by Crippen LogP contribution is -2.44. The minimum Gasteiger partial charge on any atom is -0.348 e. The Morgan fingerprint density at radius 2 is 2.11 bits per heavy atom. The van der Waals surface area contributed by atoms with Crippen molar-refractivity contribution in [2.75, 3.05) is 6.54 Å². The fraction of sp³-hybridized carbons (Fsp3) is 0.500. The highest BCUT2D eigenvalue weighted by Gasteiger charge is 2.29. The molecule has 0 aliphatic carbocycles. The Bertz CT molecular complexity index is 418. The van der Waals surface area contributed by atoms with Crippen LogP contribution >= 0.6 is 0 Å². The van der Waals surface area contributed by atoms with Crippen LogP contribution < -0.4 is 10.6 Å². The molecule has 4 heteroatoms. The van der Waals surface area contributed by atoms with Crippen molar-refractivity contribution >= 4 is 5.91 Å². The predicted molar refractivity (Wildman–Crippen MR) is 68.5 cm³/mol. The number of rotatable bonds is 3. The summed E-state index contributed by atoms with van der Waals surface area (Å²) in [6.45, 7) is 4.88. The first kappa shape index (κ1) is 13.0. The molecule has 1 fully saturated rings. The number of amides is 1. The van der Waals surface area contributed by atoms with E-state index in [1.807, 2.05) is 6.92 Å². The molecular weight excluding hydrogens is 231 g/mol. The van der Waals surface area contributed by atoms with E-state index in [9.17, 15) is 9.18 Å². The summed E-state index contributed by atoms with van der Waals surface area (Å²) in [7, 11) is 0. The van der Waals surface area contributed by atoms with Crippen LogP contribution in [0.4, 0.5) is 4.39 Å². The molecule has 3 nitrogen and oxygen atoms in total. The summed E-state index contributed by atoms with van der Waals surface area (Å²) in [6, 6.07) is 6.01. The molecule has 18 heavy (non-hydrogen) atoms. The number of halogens is 1. The first-order valence-electron chi connectivity index (χ1n) is 6.37. The van der Waals surface area contributed by atoms with Gasteiger partial charge in [0.1, 0.15) is 5.82 Å². The molecule has 1 aliphatic heterocycles. The lowest BCUT2D eigenvalue weighted by molar-refractivity contribution is -0.124. The second-order valence-electron chi connectivity index (χ2n) is 4.98. The van der Waals surface area contributed by atoms with Crippen LogP contribution in [0.1, 0.15) is 31.9 Å². The SMILES string of the molecule is CC(NC(=O)C1NCCC1C)c1ccc(F)cc1. The smallest absolute Gasteiger partial charge is 0.237 e. The lowest BCUT2D eigenvalue weighted by Gasteiger charge is -2.20. The molecule has 3 unspecified atom stereocenters. The van der Waals surface area contributed by atoms with Crippen molar-refractivity contribution in [3.63, 3.8) is 0 Å². The topological polar surface area (TPSA) is 41.1 Å². The molecule has 2 rings (SSSR count). The molecule has 1 aliphatic rings. The second kappa shape index (κ2) is 5.48. The molecule has 1 amide bonds. The number of benzene rings is 1. The molecule has 1 aromatic rings. The van der Waals surface area contributed by atoms with Crippen LogP contribution in [-0.4, -0.2) is 18.5 Å². The van der Waals surface area contributed by atoms with Gasteiger partial charge in [-0.15, -0.1) is 0 Å². The molecular formula is C14H19FN2O. The molecule has 0 spiro atoms. The molecule has 1 aromatic carbocycles. The normalized spacial score (nSPS) is 24.8. The van der Waals surface area contributed by atoms with Gasteiger partial charge in [-0.1, -0.05) is 19.1 Å². The van der Waals surface area contributed by atoms with E-state index in [1.54, 1.807) is 12.1 Å². The molecule has 0 saturated carbocycles. The number of nitrogens with one attached hydrogen (secondary N) is 2. The van der Waals surface area contributed by atoms with Gasteiger partial charge in [0.25, 0.3) is 0 Å². The van der Waals surface area contributed by atoms with Gasteiger partial charge in [0.2, 0.25) is 5.91 Å². The highest BCUT2D eigenvalue weighted by Crippen LogP contribution is 2.17. The van der Waals surface area contributed by atoms with Crippen LogP contribution in [0.2, 0.25) is 0 Å². The number of carbonyl (C=O) groups excluding carboxylic acids is 1. The summed E-state index contributed by atoms with van der Waals surface area (Å²) < 4.78 is 12.8. The maximum absolute atomic E-state index is 12.8. The molecule has 1 heterocycles. The maximum atomic E-state index is 12.8. The van der Waals surface area contributed by atoms with E-state index >= 15 is 0 Å². The summed E-state index contributed by atoms with van der Waals surface area (Å²) in [5.41, 5.74) is 0.912. The summed E-state index contributed by atoms with van der Waals surface area (Å²) >= 11 is 0. The third-order valence-electron chi connectivity index (χ3n) is 3.54. The van der Waals surface area contributed by atoms with Crippen molar-refractivity contribution in [2.24, 2.45) is 5.92 Å². The first-order valence-corrected chi connectivity index (χ1v) is 6.37. The quantitative estimate of drug-likeness (QED) is 0.861. The van der Waals surface area contributed by atoms with Crippen molar-refractivity contribution in [1.29, 1.82) is 0 Å². The summed E-state index contributed by atoms with van der Waals surface area (Å²) in [5.74, 6) is 0.130. The molecule has 0 aromatic heterocycles. The third kappa shape index (κ3) is 2.88. The van der Waals surface area contributed by atoms with Crippen molar-refractivity contribution < 1.29 is 9.18 Å². The van der Waals surface area contributed by atoms with Crippen molar-refractivity contribution in [1.82, 2.24) is 10.6 Å². The number of hydrogen-bond acceptors (Lipinski definition) is 2. The van der Waals surface area contributed by atoms with E-state index in [0.29, 0.717) is 5.92 Å². The fourth-order valence-corrected chi connectivity index (χ4v) is 2.32. The molecule has 0 radical (unpaired) electrons.